The van der Waals surface area contributed by atoms with E-state index in [0.29, 0.717) is 0 Å². The lowest BCUT2D eigenvalue weighted by Gasteiger charge is -2.30. The van der Waals surface area contributed by atoms with E-state index in [-0.39, 0.29) is 6.04 Å². The lowest BCUT2D eigenvalue weighted by molar-refractivity contribution is 0.177. The molecule has 0 amide bonds. The van der Waals surface area contributed by atoms with Crippen molar-refractivity contribution >= 4 is 27.3 Å². The quantitative estimate of drug-likeness (QED) is 0.832. The molecule has 0 radical (unpaired) electrons. The standard InChI is InChI=1S/C11H13BrN2S/c12-10-4-6-15-11(10)8-14-5-2-1-3-9(14)7-13/h4,6,9H,1-3,5,8H2. The van der Waals surface area contributed by atoms with Gasteiger partial charge in [0.1, 0.15) is 0 Å². The lowest BCUT2D eigenvalue weighted by atomic mass is 10.0. The smallest absolute Gasteiger partial charge is 0.0981 e. The van der Waals surface area contributed by atoms with Crippen LogP contribution in [0.1, 0.15) is 24.1 Å². The predicted octanol–water partition coefficient (Wildman–Crippen LogP) is 3.39. The molecule has 80 valence electrons. The highest BCUT2D eigenvalue weighted by Gasteiger charge is 2.22. The minimum Gasteiger partial charge on any atom is -0.283 e. The van der Waals surface area contributed by atoms with E-state index >= 15 is 0 Å². The molecule has 1 aliphatic heterocycles. The number of thiophene rings is 1. The van der Waals surface area contributed by atoms with E-state index in [1.807, 2.05) is 0 Å². The molecule has 0 saturated carbocycles. The van der Waals surface area contributed by atoms with Gasteiger partial charge in [0.15, 0.2) is 0 Å². The number of rotatable bonds is 2. The molecule has 0 spiro atoms. The summed E-state index contributed by atoms with van der Waals surface area (Å²) in [6.07, 6.45) is 3.45. The van der Waals surface area contributed by atoms with Gasteiger partial charge in [0, 0.05) is 15.9 Å². The fourth-order valence-corrected chi connectivity index (χ4v) is 3.45. The van der Waals surface area contributed by atoms with Crippen LogP contribution in [0, 0.1) is 11.3 Å². The van der Waals surface area contributed by atoms with Crippen molar-refractivity contribution in [3.8, 4) is 6.07 Å². The first-order valence-electron chi connectivity index (χ1n) is 5.17. The molecular weight excluding hydrogens is 272 g/mol. The lowest BCUT2D eigenvalue weighted by Crippen LogP contribution is -2.37. The summed E-state index contributed by atoms with van der Waals surface area (Å²) in [5, 5.41) is 11.1. The molecule has 1 unspecified atom stereocenters. The Morgan fingerprint density at radius 1 is 1.60 bits per heavy atom. The molecule has 0 aliphatic carbocycles. The second-order valence-corrected chi connectivity index (χ2v) is 5.66. The van der Waals surface area contributed by atoms with E-state index in [9.17, 15) is 0 Å². The molecular formula is C11H13BrN2S. The number of piperidine rings is 1. The maximum Gasteiger partial charge on any atom is 0.0981 e. The van der Waals surface area contributed by atoms with Crippen LogP contribution in [0.5, 0.6) is 0 Å². The minimum atomic E-state index is 0.118. The van der Waals surface area contributed by atoms with Gasteiger partial charge in [-0.1, -0.05) is 0 Å². The molecule has 1 aromatic rings. The third kappa shape index (κ3) is 2.60. The van der Waals surface area contributed by atoms with Crippen LogP contribution in [0.15, 0.2) is 15.9 Å². The van der Waals surface area contributed by atoms with Gasteiger partial charge in [0.05, 0.1) is 12.1 Å². The van der Waals surface area contributed by atoms with E-state index in [1.54, 1.807) is 11.3 Å². The third-order valence-corrected chi connectivity index (χ3v) is 4.71. The molecule has 4 heteroatoms. The van der Waals surface area contributed by atoms with Gasteiger partial charge < -0.3 is 0 Å². The van der Waals surface area contributed by atoms with Gasteiger partial charge in [0.25, 0.3) is 0 Å². The average molecular weight is 285 g/mol. The van der Waals surface area contributed by atoms with Crippen molar-refractivity contribution in [1.82, 2.24) is 4.90 Å². The van der Waals surface area contributed by atoms with Gasteiger partial charge in [-0.05, 0) is 53.2 Å². The zero-order chi connectivity index (χ0) is 10.7. The normalized spacial score (nSPS) is 22.5. The summed E-state index contributed by atoms with van der Waals surface area (Å²) in [4.78, 5) is 3.62. The van der Waals surface area contributed by atoms with Crippen LogP contribution < -0.4 is 0 Å². The molecule has 2 rings (SSSR count). The first-order chi connectivity index (χ1) is 7.31. The Bertz CT molecular complexity index is 369. The Balaban J connectivity index is 2.04. The van der Waals surface area contributed by atoms with Crippen LogP contribution in [-0.4, -0.2) is 17.5 Å². The van der Waals surface area contributed by atoms with E-state index < -0.39 is 0 Å². The van der Waals surface area contributed by atoms with Gasteiger partial charge in [-0.2, -0.15) is 5.26 Å². The summed E-state index contributed by atoms with van der Waals surface area (Å²) in [5.74, 6) is 0. The van der Waals surface area contributed by atoms with Gasteiger partial charge in [-0.3, -0.25) is 4.90 Å². The van der Waals surface area contributed by atoms with E-state index in [2.05, 4.69) is 38.3 Å². The zero-order valence-corrected chi connectivity index (χ0v) is 10.9. The number of likely N-dealkylation sites (tertiary alicyclic amines) is 1. The first-order valence-corrected chi connectivity index (χ1v) is 6.84. The second kappa shape index (κ2) is 5.11. The van der Waals surface area contributed by atoms with Crippen LogP contribution in [0.25, 0.3) is 0 Å². The topological polar surface area (TPSA) is 27.0 Å². The average Bonchev–Trinajstić information content (AvgIpc) is 2.65. The fourth-order valence-electron chi connectivity index (χ4n) is 1.95. The highest BCUT2D eigenvalue weighted by atomic mass is 79.9. The van der Waals surface area contributed by atoms with Gasteiger partial charge in [-0.15, -0.1) is 11.3 Å². The molecule has 2 nitrogen and oxygen atoms in total. The van der Waals surface area contributed by atoms with Gasteiger partial charge in [-0.25, -0.2) is 0 Å². The molecule has 1 fully saturated rings. The van der Waals surface area contributed by atoms with Crippen LogP contribution in [0.2, 0.25) is 0 Å². The maximum atomic E-state index is 9.06. The Morgan fingerprint density at radius 3 is 3.13 bits per heavy atom. The van der Waals surface area contributed by atoms with Gasteiger partial charge in [0.2, 0.25) is 0 Å². The molecule has 1 atom stereocenters. The van der Waals surface area contributed by atoms with Crippen molar-refractivity contribution in [3.05, 3.63) is 20.8 Å². The molecule has 15 heavy (non-hydrogen) atoms. The number of hydrogen-bond acceptors (Lipinski definition) is 3. The SMILES string of the molecule is N#CC1CCCCN1Cc1sccc1Br. The van der Waals surface area contributed by atoms with Crippen molar-refractivity contribution in [3.63, 3.8) is 0 Å². The number of halogens is 1. The summed E-state index contributed by atoms with van der Waals surface area (Å²) in [6.45, 7) is 1.97. The third-order valence-electron chi connectivity index (χ3n) is 2.80. The Labute approximate surface area is 103 Å². The van der Waals surface area contributed by atoms with E-state index in [4.69, 9.17) is 5.26 Å². The van der Waals surface area contributed by atoms with Crippen molar-refractivity contribution < 1.29 is 0 Å². The Morgan fingerprint density at radius 2 is 2.47 bits per heavy atom. The molecule has 1 aromatic heterocycles. The monoisotopic (exact) mass is 284 g/mol. The van der Waals surface area contributed by atoms with Crippen LogP contribution in [0.3, 0.4) is 0 Å². The summed E-state index contributed by atoms with van der Waals surface area (Å²) in [6, 6.07) is 4.59. The highest BCUT2D eigenvalue weighted by Crippen LogP contribution is 2.27. The Kier molecular flexibility index (Phi) is 3.79. The van der Waals surface area contributed by atoms with Crippen LogP contribution in [0.4, 0.5) is 0 Å². The van der Waals surface area contributed by atoms with Crippen LogP contribution in [-0.2, 0) is 6.54 Å². The summed E-state index contributed by atoms with van der Waals surface area (Å²) < 4.78 is 1.18. The molecule has 1 aliphatic rings. The van der Waals surface area contributed by atoms with Crippen molar-refractivity contribution in [2.45, 2.75) is 31.8 Å². The molecule has 0 N–H and O–H groups in total. The summed E-state index contributed by atoms with van der Waals surface area (Å²) in [5.41, 5.74) is 0. The summed E-state index contributed by atoms with van der Waals surface area (Å²) >= 11 is 5.29. The van der Waals surface area contributed by atoms with Crippen molar-refractivity contribution in [2.24, 2.45) is 0 Å². The zero-order valence-electron chi connectivity index (χ0n) is 8.45. The van der Waals surface area contributed by atoms with E-state index in [0.717, 1.165) is 19.5 Å². The van der Waals surface area contributed by atoms with E-state index in [1.165, 1.54) is 22.2 Å². The molecule has 0 bridgehead atoms. The highest BCUT2D eigenvalue weighted by molar-refractivity contribution is 9.10. The predicted molar refractivity (Wildman–Crippen MR) is 65.7 cm³/mol. The number of nitrogens with zero attached hydrogens (tertiary/aromatic N) is 2. The molecule has 2 heterocycles. The molecule has 0 aromatic carbocycles. The number of hydrogen-bond donors (Lipinski definition) is 0. The number of nitriles is 1. The summed E-state index contributed by atoms with van der Waals surface area (Å²) in [7, 11) is 0. The fraction of sp³-hybridized carbons (Fsp3) is 0.545. The maximum absolute atomic E-state index is 9.06. The van der Waals surface area contributed by atoms with Crippen molar-refractivity contribution in [1.29, 1.82) is 5.26 Å². The minimum absolute atomic E-state index is 0.118. The van der Waals surface area contributed by atoms with Crippen LogP contribution >= 0.6 is 27.3 Å². The van der Waals surface area contributed by atoms with Gasteiger partial charge >= 0.3 is 0 Å². The van der Waals surface area contributed by atoms with Crippen molar-refractivity contribution in [2.75, 3.05) is 6.54 Å². The second-order valence-electron chi connectivity index (χ2n) is 3.80. The largest absolute Gasteiger partial charge is 0.283 e. The molecule has 1 saturated heterocycles. The Hall–Kier alpha value is -0.370. The first kappa shape index (κ1) is 11.1.